The zero-order chi connectivity index (χ0) is 19.8. The third kappa shape index (κ3) is 3.07. The molecule has 5 nitrogen and oxygen atoms in total. The number of aliphatic carboxylic acids is 1. The van der Waals surface area contributed by atoms with E-state index in [2.05, 4.69) is 20.9 Å². The van der Waals surface area contributed by atoms with Crippen molar-refractivity contribution in [2.45, 2.75) is 19.8 Å². The first kappa shape index (κ1) is 18.6. The van der Waals surface area contributed by atoms with Gasteiger partial charge in [0.2, 0.25) is 0 Å². The minimum Gasteiger partial charge on any atom is -0.478 e. The van der Waals surface area contributed by atoms with Gasteiger partial charge in [0.15, 0.2) is 0 Å². The molecule has 0 bridgehead atoms. The summed E-state index contributed by atoms with van der Waals surface area (Å²) in [5.74, 6) is -1.19. The number of pyridine rings is 1. The maximum atomic E-state index is 13.2. The van der Waals surface area contributed by atoms with E-state index in [0.29, 0.717) is 35.3 Å². The van der Waals surface area contributed by atoms with Gasteiger partial charge in [-0.05, 0) is 64.2 Å². The van der Waals surface area contributed by atoms with Crippen molar-refractivity contribution in [3.05, 3.63) is 75.5 Å². The Kier molecular flexibility index (Phi) is 4.89. The average Bonchev–Trinajstić information content (AvgIpc) is 2.99. The van der Waals surface area contributed by atoms with Gasteiger partial charge in [0.1, 0.15) is 10.3 Å². The quantitative estimate of drug-likeness (QED) is 0.704. The fourth-order valence-corrected chi connectivity index (χ4v) is 4.46. The normalized spacial score (nSPS) is 18.3. The van der Waals surface area contributed by atoms with Crippen molar-refractivity contribution in [3.63, 3.8) is 0 Å². The molecule has 0 saturated carbocycles. The first-order chi connectivity index (χ1) is 13.5. The van der Waals surface area contributed by atoms with Gasteiger partial charge in [-0.25, -0.2) is 9.78 Å². The number of fused-ring (bicyclic) bond motifs is 2. The second kappa shape index (κ2) is 7.36. The van der Waals surface area contributed by atoms with E-state index in [1.807, 2.05) is 31.2 Å². The van der Waals surface area contributed by atoms with Gasteiger partial charge >= 0.3 is 5.97 Å². The van der Waals surface area contributed by atoms with E-state index in [1.54, 1.807) is 29.2 Å². The van der Waals surface area contributed by atoms with Crippen molar-refractivity contribution in [2.75, 3.05) is 11.4 Å². The van der Waals surface area contributed by atoms with E-state index >= 15 is 0 Å². The molecule has 1 atom stereocenters. The van der Waals surface area contributed by atoms with Crippen LogP contribution in [0.15, 0.2) is 64.3 Å². The van der Waals surface area contributed by atoms with Gasteiger partial charge in [-0.15, -0.1) is 0 Å². The van der Waals surface area contributed by atoms with Crippen LogP contribution in [0.5, 0.6) is 0 Å². The minimum absolute atomic E-state index is 0.160. The van der Waals surface area contributed by atoms with Gasteiger partial charge in [-0.1, -0.05) is 31.2 Å². The topological polar surface area (TPSA) is 70.5 Å². The average molecular weight is 439 g/mol. The SMILES string of the molecule is CCC1C(C(=O)O)=CC2=C1c1ccccc1N(C(=O)c1cccc(Br)n1)CC2. The van der Waals surface area contributed by atoms with Gasteiger partial charge in [-0.2, -0.15) is 0 Å². The highest BCUT2D eigenvalue weighted by atomic mass is 79.9. The summed E-state index contributed by atoms with van der Waals surface area (Å²) in [6, 6.07) is 13.0. The third-order valence-electron chi connectivity index (χ3n) is 5.32. The summed E-state index contributed by atoms with van der Waals surface area (Å²) >= 11 is 3.32. The monoisotopic (exact) mass is 438 g/mol. The number of allylic oxidation sites excluding steroid dienone is 2. The van der Waals surface area contributed by atoms with Crippen molar-refractivity contribution in [1.82, 2.24) is 4.98 Å². The Morgan fingerprint density at radius 1 is 1.21 bits per heavy atom. The molecule has 142 valence electrons. The molecule has 0 fully saturated rings. The Morgan fingerprint density at radius 2 is 2.00 bits per heavy atom. The predicted octanol–water partition coefficient (Wildman–Crippen LogP) is 4.70. The summed E-state index contributed by atoms with van der Waals surface area (Å²) in [6.07, 6.45) is 3.11. The van der Waals surface area contributed by atoms with Crippen LogP contribution in [-0.4, -0.2) is 28.5 Å². The molecule has 2 aromatic rings. The Morgan fingerprint density at radius 3 is 2.71 bits per heavy atom. The molecule has 1 aliphatic carbocycles. The van der Waals surface area contributed by atoms with Crippen molar-refractivity contribution in [1.29, 1.82) is 0 Å². The van der Waals surface area contributed by atoms with E-state index in [0.717, 1.165) is 22.4 Å². The molecule has 1 aromatic heterocycles. The number of aromatic nitrogens is 1. The van der Waals surface area contributed by atoms with Crippen molar-refractivity contribution in [3.8, 4) is 0 Å². The summed E-state index contributed by atoms with van der Waals surface area (Å²) in [6.45, 7) is 2.47. The molecule has 0 spiro atoms. The van der Waals surface area contributed by atoms with Crippen LogP contribution in [0.25, 0.3) is 5.57 Å². The number of carboxylic acid groups (broad SMARTS) is 1. The molecule has 1 amide bonds. The van der Waals surface area contributed by atoms with E-state index in [9.17, 15) is 14.7 Å². The summed E-state index contributed by atoms with van der Waals surface area (Å²) in [7, 11) is 0. The van der Waals surface area contributed by atoms with Crippen LogP contribution >= 0.6 is 15.9 Å². The number of anilines is 1. The fourth-order valence-electron chi connectivity index (χ4n) is 4.11. The molecular weight excluding hydrogens is 420 g/mol. The Bertz CT molecular complexity index is 1040. The number of nitrogens with zero attached hydrogens (tertiary/aromatic N) is 2. The lowest BCUT2D eigenvalue weighted by Crippen LogP contribution is -2.32. The van der Waals surface area contributed by atoms with E-state index in [4.69, 9.17) is 0 Å². The van der Waals surface area contributed by atoms with Gasteiger partial charge < -0.3 is 10.0 Å². The molecule has 6 heteroatoms. The highest BCUT2D eigenvalue weighted by Crippen LogP contribution is 2.46. The number of para-hydroxylation sites is 1. The number of carbonyl (C=O) groups is 2. The van der Waals surface area contributed by atoms with Gasteiger partial charge in [-0.3, -0.25) is 4.79 Å². The first-order valence-corrected chi connectivity index (χ1v) is 10.0. The molecule has 1 aliphatic heterocycles. The van der Waals surface area contributed by atoms with Gasteiger partial charge in [0, 0.05) is 23.6 Å². The maximum absolute atomic E-state index is 13.2. The number of hydrogen-bond donors (Lipinski definition) is 1. The molecular formula is C22H19BrN2O3. The zero-order valence-electron chi connectivity index (χ0n) is 15.4. The summed E-state index contributed by atoms with van der Waals surface area (Å²) in [5.41, 5.74) is 4.59. The molecule has 2 heterocycles. The number of hydrogen-bond acceptors (Lipinski definition) is 3. The molecule has 28 heavy (non-hydrogen) atoms. The number of carbonyl (C=O) groups excluding carboxylic acids is 1. The molecule has 1 aromatic carbocycles. The van der Waals surface area contributed by atoms with Crippen LogP contribution in [0.1, 0.15) is 35.8 Å². The number of benzene rings is 1. The fraction of sp³-hybridized carbons (Fsp3) is 0.227. The van der Waals surface area contributed by atoms with E-state index < -0.39 is 5.97 Å². The Hall–Kier alpha value is -2.73. The second-order valence-corrected chi connectivity index (χ2v) is 7.69. The van der Waals surface area contributed by atoms with Crippen LogP contribution in [0.4, 0.5) is 5.69 Å². The lowest BCUT2D eigenvalue weighted by Gasteiger charge is -2.25. The minimum atomic E-state index is -0.872. The van der Waals surface area contributed by atoms with Crippen LogP contribution < -0.4 is 4.90 Å². The number of carboxylic acids is 1. The number of amides is 1. The molecule has 2 aliphatic rings. The maximum Gasteiger partial charge on any atom is 0.332 e. The predicted molar refractivity (Wildman–Crippen MR) is 111 cm³/mol. The molecule has 1 N–H and O–H groups in total. The largest absolute Gasteiger partial charge is 0.478 e. The Balaban J connectivity index is 1.80. The lowest BCUT2D eigenvalue weighted by atomic mass is 9.87. The van der Waals surface area contributed by atoms with Crippen molar-refractivity contribution in [2.24, 2.45) is 5.92 Å². The highest BCUT2D eigenvalue weighted by molar-refractivity contribution is 9.10. The summed E-state index contributed by atoms with van der Waals surface area (Å²) in [5, 5.41) is 9.62. The summed E-state index contributed by atoms with van der Waals surface area (Å²) in [4.78, 5) is 31.0. The van der Waals surface area contributed by atoms with E-state index in [1.165, 1.54) is 0 Å². The summed E-state index contributed by atoms with van der Waals surface area (Å²) < 4.78 is 0.613. The smallest absolute Gasteiger partial charge is 0.332 e. The van der Waals surface area contributed by atoms with Crippen LogP contribution in [-0.2, 0) is 4.79 Å². The molecule has 0 saturated heterocycles. The zero-order valence-corrected chi connectivity index (χ0v) is 16.9. The van der Waals surface area contributed by atoms with E-state index in [-0.39, 0.29) is 11.8 Å². The van der Waals surface area contributed by atoms with Crippen LogP contribution in [0.3, 0.4) is 0 Å². The highest BCUT2D eigenvalue weighted by Gasteiger charge is 2.36. The Labute approximate surface area is 171 Å². The lowest BCUT2D eigenvalue weighted by molar-refractivity contribution is -0.133. The number of halogens is 1. The number of rotatable bonds is 3. The molecule has 4 rings (SSSR count). The van der Waals surface area contributed by atoms with Gasteiger partial charge in [0.05, 0.1) is 5.69 Å². The molecule has 0 radical (unpaired) electrons. The van der Waals surface area contributed by atoms with Crippen LogP contribution in [0, 0.1) is 5.92 Å². The standard InChI is InChI=1S/C22H19BrN2O3/c1-2-14-16(22(27)28)12-13-10-11-25(18-8-4-3-6-15(18)20(13)14)21(26)17-7-5-9-19(23)24-17/h3-9,12,14H,2,10-11H2,1H3,(H,27,28). The second-order valence-electron chi connectivity index (χ2n) is 6.87. The third-order valence-corrected chi connectivity index (χ3v) is 5.77. The van der Waals surface area contributed by atoms with Crippen molar-refractivity contribution >= 4 is 39.1 Å². The molecule has 1 unspecified atom stereocenters. The van der Waals surface area contributed by atoms with Crippen molar-refractivity contribution < 1.29 is 14.7 Å². The van der Waals surface area contributed by atoms with Gasteiger partial charge in [0.25, 0.3) is 5.91 Å². The first-order valence-electron chi connectivity index (χ1n) is 9.23. The van der Waals surface area contributed by atoms with Crippen LogP contribution in [0.2, 0.25) is 0 Å².